The summed E-state index contributed by atoms with van der Waals surface area (Å²) >= 11 is 5.86. The zero-order valence-electron chi connectivity index (χ0n) is 9.37. The number of hydrogen-bond acceptors (Lipinski definition) is 3. The molecule has 0 radical (unpaired) electrons. The van der Waals surface area contributed by atoms with Crippen molar-refractivity contribution in [2.24, 2.45) is 0 Å². The minimum Gasteiger partial charge on any atom is -0.390 e. The normalized spacial score (nSPS) is 13.5. The van der Waals surface area contributed by atoms with Gasteiger partial charge in [0.25, 0.3) is 0 Å². The fourth-order valence-corrected chi connectivity index (χ4v) is 1.39. The summed E-state index contributed by atoms with van der Waals surface area (Å²) in [5.74, 6) is 0. The molecule has 1 aromatic rings. The average molecular weight is 232 g/mol. The molecule has 2 N–H and O–H groups in total. The van der Waals surface area contributed by atoms with Crippen molar-refractivity contribution in [3.8, 4) is 0 Å². The Bertz CT molecular complexity index is 292. The fraction of sp³-hybridized carbons (Fsp3) is 0.700. The van der Waals surface area contributed by atoms with E-state index in [1.54, 1.807) is 10.9 Å². The average Bonchev–Trinajstić information content (AvgIpc) is 2.42. The lowest BCUT2D eigenvalue weighted by Gasteiger charge is -2.13. The molecular weight excluding hydrogens is 214 g/mol. The van der Waals surface area contributed by atoms with Crippen LogP contribution in [0.3, 0.4) is 0 Å². The quantitative estimate of drug-likeness (QED) is 0.801. The second-order valence-electron chi connectivity index (χ2n) is 4.00. The molecule has 0 saturated heterocycles. The number of rotatable bonds is 5. The second-order valence-corrected chi connectivity index (χ2v) is 4.41. The van der Waals surface area contributed by atoms with Crippen LogP contribution in [0, 0.1) is 6.92 Å². The molecule has 15 heavy (non-hydrogen) atoms. The summed E-state index contributed by atoms with van der Waals surface area (Å²) in [4.78, 5) is 0. The second kappa shape index (κ2) is 5.49. The van der Waals surface area contributed by atoms with Crippen molar-refractivity contribution in [1.29, 1.82) is 0 Å². The summed E-state index contributed by atoms with van der Waals surface area (Å²) in [5.41, 5.74) is 0.792. The predicted octanol–water partition coefficient (Wildman–Crippen LogP) is 1.20. The van der Waals surface area contributed by atoms with Gasteiger partial charge in [-0.25, -0.2) is 0 Å². The third-order valence-electron chi connectivity index (χ3n) is 2.05. The highest BCUT2D eigenvalue weighted by Crippen LogP contribution is 2.12. The molecule has 0 aliphatic rings. The largest absolute Gasteiger partial charge is 0.390 e. The minimum atomic E-state index is -0.442. The topological polar surface area (TPSA) is 50.1 Å². The molecule has 0 aromatic carbocycles. The van der Waals surface area contributed by atoms with E-state index in [-0.39, 0.29) is 0 Å². The standard InChI is InChI=1S/C10H18ClN3O/c1-7(2)12-4-9(15)5-14-6-10(11)8(3)13-14/h6-7,9,12,15H,4-5H2,1-3H3. The zero-order chi connectivity index (χ0) is 11.4. The summed E-state index contributed by atoms with van der Waals surface area (Å²) in [6.45, 7) is 6.96. The van der Waals surface area contributed by atoms with Gasteiger partial charge in [-0.15, -0.1) is 0 Å². The number of aliphatic hydroxyl groups is 1. The summed E-state index contributed by atoms with van der Waals surface area (Å²) in [5, 5.41) is 17.7. The summed E-state index contributed by atoms with van der Waals surface area (Å²) in [6, 6.07) is 0.377. The molecule has 0 fully saturated rings. The Morgan fingerprint density at radius 1 is 1.60 bits per heavy atom. The van der Waals surface area contributed by atoms with Crippen molar-refractivity contribution in [3.63, 3.8) is 0 Å². The number of nitrogens with zero attached hydrogens (tertiary/aromatic N) is 2. The first kappa shape index (κ1) is 12.5. The maximum atomic E-state index is 9.69. The Hall–Kier alpha value is -0.580. The monoisotopic (exact) mass is 231 g/mol. The van der Waals surface area contributed by atoms with E-state index in [1.165, 1.54) is 0 Å². The van der Waals surface area contributed by atoms with Gasteiger partial charge in [0.1, 0.15) is 0 Å². The molecule has 0 bridgehead atoms. The van der Waals surface area contributed by atoms with Crippen LogP contribution >= 0.6 is 11.6 Å². The first-order valence-electron chi connectivity index (χ1n) is 5.10. The summed E-state index contributed by atoms with van der Waals surface area (Å²) in [7, 11) is 0. The minimum absolute atomic E-state index is 0.377. The van der Waals surface area contributed by atoms with Crippen molar-refractivity contribution in [2.75, 3.05) is 6.54 Å². The van der Waals surface area contributed by atoms with E-state index in [4.69, 9.17) is 11.6 Å². The molecule has 4 nitrogen and oxygen atoms in total. The van der Waals surface area contributed by atoms with Crippen molar-refractivity contribution in [1.82, 2.24) is 15.1 Å². The van der Waals surface area contributed by atoms with Crippen LogP contribution in [0.4, 0.5) is 0 Å². The lowest BCUT2D eigenvalue weighted by molar-refractivity contribution is 0.144. The smallest absolute Gasteiger partial charge is 0.0860 e. The van der Waals surface area contributed by atoms with E-state index in [2.05, 4.69) is 10.4 Å². The number of aromatic nitrogens is 2. The van der Waals surface area contributed by atoms with Gasteiger partial charge in [0.05, 0.1) is 23.4 Å². The Labute approximate surface area is 95.2 Å². The fourth-order valence-electron chi connectivity index (χ4n) is 1.24. The van der Waals surface area contributed by atoms with Gasteiger partial charge >= 0.3 is 0 Å². The van der Waals surface area contributed by atoms with E-state index >= 15 is 0 Å². The molecule has 0 saturated carbocycles. The highest BCUT2D eigenvalue weighted by Gasteiger charge is 2.08. The number of nitrogens with one attached hydrogen (secondary N) is 1. The van der Waals surface area contributed by atoms with Gasteiger partial charge in [-0.05, 0) is 6.92 Å². The number of aliphatic hydroxyl groups excluding tert-OH is 1. The summed E-state index contributed by atoms with van der Waals surface area (Å²) in [6.07, 6.45) is 1.29. The lowest BCUT2D eigenvalue weighted by atomic mass is 10.3. The zero-order valence-corrected chi connectivity index (χ0v) is 10.1. The molecule has 1 rings (SSSR count). The van der Waals surface area contributed by atoms with E-state index in [1.807, 2.05) is 20.8 Å². The van der Waals surface area contributed by atoms with Crippen LogP contribution in [0.5, 0.6) is 0 Å². The van der Waals surface area contributed by atoms with Gasteiger partial charge < -0.3 is 10.4 Å². The Kier molecular flexibility index (Phi) is 4.57. The van der Waals surface area contributed by atoms with E-state index in [0.717, 1.165) is 5.69 Å². The Morgan fingerprint density at radius 3 is 2.73 bits per heavy atom. The third kappa shape index (κ3) is 4.20. The van der Waals surface area contributed by atoms with Crippen LogP contribution in [0.25, 0.3) is 0 Å². The van der Waals surface area contributed by atoms with Gasteiger partial charge in [0, 0.05) is 18.8 Å². The van der Waals surface area contributed by atoms with E-state index in [0.29, 0.717) is 24.2 Å². The number of halogens is 1. The molecule has 1 atom stereocenters. The molecule has 1 heterocycles. The van der Waals surface area contributed by atoms with Gasteiger partial charge in [-0.1, -0.05) is 25.4 Å². The molecule has 86 valence electrons. The van der Waals surface area contributed by atoms with Crippen LogP contribution in [-0.4, -0.2) is 33.6 Å². The Balaban J connectivity index is 2.40. The summed E-state index contributed by atoms with van der Waals surface area (Å²) < 4.78 is 1.67. The predicted molar refractivity (Wildman–Crippen MR) is 61.1 cm³/mol. The Morgan fingerprint density at radius 2 is 2.27 bits per heavy atom. The van der Waals surface area contributed by atoms with Gasteiger partial charge in [0.15, 0.2) is 0 Å². The van der Waals surface area contributed by atoms with Crippen LogP contribution in [0.1, 0.15) is 19.5 Å². The first-order valence-corrected chi connectivity index (χ1v) is 5.48. The van der Waals surface area contributed by atoms with Crippen LogP contribution in [0.15, 0.2) is 6.20 Å². The molecule has 0 amide bonds. The first-order chi connectivity index (χ1) is 6.99. The number of aryl methyl sites for hydroxylation is 1. The van der Waals surface area contributed by atoms with Crippen molar-refractivity contribution in [2.45, 2.75) is 39.5 Å². The molecular formula is C10H18ClN3O. The highest BCUT2D eigenvalue weighted by atomic mass is 35.5. The van der Waals surface area contributed by atoms with Crippen molar-refractivity contribution >= 4 is 11.6 Å². The van der Waals surface area contributed by atoms with Crippen LogP contribution in [0.2, 0.25) is 5.02 Å². The molecule has 0 aliphatic heterocycles. The number of hydrogen-bond donors (Lipinski definition) is 2. The lowest BCUT2D eigenvalue weighted by Crippen LogP contribution is -2.34. The van der Waals surface area contributed by atoms with E-state index in [9.17, 15) is 5.11 Å². The van der Waals surface area contributed by atoms with Crippen molar-refractivity contribution in [3.05, 3.63) is 16.9 Å². The highest BCUT2D eigenvalue weighted by molar-refractivity contribution is 6.31. The van der Waals surface area contributed by atoms with Crippen LogP contribution < -0.4 is 5.32 Å². The van der Waals surface area contributed by atoms with Gasteiger partial charge in [0.2, 0.25) is 0 Å². The molecule has 0 spiro atoms. The van der Waals surface area contributed by atoms with Crippen molar-refractivity contribution < 1.29 is 5.11 Å². The molecule has 1 aromatic heterocycles. The van der Waals surface area contributed by atoms with Gasteiger partial charge in [-0.3, -0.25) is 4.68 Å². The third-order valence-corrected chi connectivity index (χ3v) is 2.42. The molecule has 5 heteroatoms. The maximum absolute atomic E-state index is 9.69. The molecule has 1 unspecified atom stereocenters. The maximum Gasteiger partial charge on any atom is 0.0860 e. The van der Waals surface area contributed by atoms with Gasteiger partial charge in [-0.2, -0.15) is 5.10 Å². The van der Waals surface area contributed by atoms with Crippen LogP contribution in [-0.2, 0) is 6.54 Å². The van der Waals surface area contributed by atoms with E-state index < -0.39 is 6.10 Å². The SMILES string of the molecule is Cc1nn(CC(O)CNC(C)C)cc1Cl. The molecule has 0 aliphatic carbocycles.